The van der Waals surface area contributed by atoms with Crippen LogP contribution in [0.5, 0.6) is 0 Å². The molecule has 1 N–H and O–H groups in total. The van der Waals surface area contributed by atoms with Crippen molar-refractivity contribution < 1.29 is 0 Å². The predicted octanol–water partition coefficient (Wildman–Crippen LogP) is 2.69. The van der Waals surface area contributed by atoms with Crippen LogP contribution >= 0.6 is 11.6 Å². The van der Waals surface area contributed by atoms with Crippen molar-refractivity contribution in [2.24, 2.45) is 0 Å². The van der Waals surface area contributed by atoms with Crippen LogP contribution in [0.3, 0.4) is 0 Å². The molecule has 0 amide bonds. The Morgan fingerprint density at radius 3 is 2.90 bits per heavy atom. The summed E-state index contributed by atoms with van der Waals surface area (Å²) in [4.78, 5) is 2.29. The lowest BCUT2D eigenvalue weighted by Crippen LogP contribution is -2.26. The molecule has 0 aliphatic carbocycles. The molecule has 1 aliphatic heterocycles. The van der Waals surface area contributed by atoms with Gasteiger partial charge in [-0.1, -0.05) is 17.7 Å². The summed E-state index contributed by atoms with van der Waals surface area (Å²) >= 11 is 6.03. The van der Waals surface area contributed by atoms with E-state index in [4.69, 9.17) is 16.9 Å². The van der Waals surface area contributed by atoms with Crippen LogP contribution in [0.25, 0.3) is 0 Å². The molecule has 2 heterocycles. The standard InChI is InChI=1S/C15H14ClN5/c16-11-2-1-3-14(8-11)21-7-6-13(10-21)18-15-5-4-12(9-17)19-20-15/h1-5,8,13H,6-7,10H2,(H,18,20). The zero-order chi connectivity index (χ0) is 14.7. The molecule has 1 aliphatic rings. The molecule has 1 fully saturated rings. The number of nitrogens with zero attached hydrogens (tertiary/aromatic N) is 4. The van der Waals surface area contributed by atoms with Gasteiger partial charge in [-0.3, -0.25) is 0 Å². The van der Waals surface area contributed by atoms with E-state index in [0.717, 1.165) is 30.2 Å². The lowest BCUT2D eigenvalue weighted by molar-refractivity contribution is 0.793. The highest BCUT2D eigenvalue weighted by Crippen LogP contribution is 2.24. The SMILES string of the molecule is N#Cc1ccc(NC2CCN(c3cccc(Cl)c3)C2)nn1. The molecule has 1 atom stereocenters. The van der Waals surface area contributed by atoms with Crippen LogP contribution < -0.4 is 10.2 Å². The quantitative estimate of drug-likeness (QED) is 0.944. The summed E-state index contributed by atoms with van der Waals surface area (Å²) in [5, 5.41) is 20.6. The summed E-state index contributed by atoms with van der Waals surface area (Å²) in [6, 6.07) is 13.6. The number of aromatic nitrogens is 2. The molecule has 6 heteroatoms. The number of nitriles is 1. The number of hydrogen-bond acceptors (Lipinski definition) is 5. The van der Waals surface area contributed by atoms with Gasteiger partial charge >= 0.3 is 0 Å². The molecule has 0 spiro atoms. The third-order valence-corrected chi connectivity index (χ3v) is 3.73. The van der Waals surface area contributed by atoms with Gasteiger partial charge in [0, 0.05) is 29.8 Å². The van der Waals surface area contributed by atoms with Gasteiger partial charge in [0.25, 0.3) is 0 Å². The minimum Gasteiger partial charge on any atom is -0.369 e. The molecule has 106 valence electrons. The number of halogens is 1. The lowest BCUT2D eigenvalue weighted by atomic mass is 10.2. The summed E-state index contributed by atoms with van der Waals surface area (Å²) in [6.07, 6.45) is 1.02. The van der Waals surface area contributed by atoms with Gasteiger partial charge in [0.2, 0.25) is 0 Å². The molecular formula is C15H14ClN5. The van der Waals surface area contributed by atoms with Crippen LogP contribution in [0, 0.1) is 11.3 Å². The second kappa shape index (κ2) is 5.98. The maximum atomic E-state index is 8.71. The van der Waals surface area contributed by atoms with E-state index in [0.29, 0.717) is 17.6 Å². The average molecular weight is 300 g/mol. The third-order valence-electron chi connectivity index (χ3n) is 3.49. The fraction of sp³-hybridized carbons (Fsp3) is 0.267. The fourth-order valence-electron chi connectivity index (χ4n) is 2.46. The van der Waals surface area contributed by atoms with E-state index in [1.165, 1.54) is 0 Å². The summed E-state index contributed by atoms with van der Waals surface area (Å²) in [5.41, 5.74) is 1.46. The monoisotopic (exact) mass is 299 g/mol. The molecule has 5 nitrogen and oxygen atoms in total. The lowest BCUT2D eigenvalue weighted by Gasteiger charge is -2.19. The minimum atomic E-state index is 0.311. The molecule has 0 saturated carbocycles. The Morgan fingerprint density at radius 1 is 1.29 bits per heavy atom. The molecule has 2 aromatic rings. The molecular weight excluding hydrogens is 286 g/mol. The van der Waals surface area contributed by atoms with E-state index in [1.54, 1.807) is 12.1 Å². The molecule has 1 aromatic carbocycles. The van der Waals surface area contributed by atoms with Crippen molar-refractivity contribution in [3.8, 4) is 6.07 Å². The van der Waals surface area contributed by atoms with Crippen molar-refractivity contribution in [3.05, 3.63) is 47.1 Å². The highest BCUT2D eigenvalue weighted by atomic mass is 35.5. The van der Waals surface area contributed by atoms with Gasteiger partial charge in [0.1, 0.15) is 11.9 Å². The number of hydrogen-bond donors (Lipinski definition) is 1. The topological polar surface area (TPSA) is 64.8 Å². The van der Waals surface area contributed by atoms with E-state index in [9.17, 15) is 0 Å². The van der Waals surface area contributed by atoms with Crippen molar-refractivity contribution in [3.63, 3.8) is 0 Å². The normalized spacial score (nSPS) is 17.5. The maximum absolute atomic E-state index is 8.71. The number of anilines is 2. The zero-order valence-electron chi connectivity index (χ0n) is 11.3. The van der Waals surface area contributed by atoms with E-state index in [1.807, 2.05) is 24.3 Å². The molecule has 0 bridgehead atoms. The maximum Gasteiger partial charge on any atom is 0.163 e. The van der Waals surface area contributed by atoms with Gasteiger partial charge in [-0.25, -0.2) is 0 Å². The predicted molar refractivity (Wildman–Crippen MR) is 82.4 cm³/mol. The van der Waals surface area contributed by atoms with E-state index in [-0.39, 0.29) is 0 Å². The highest BCUT2D eigenvalue weighted by Gasteiger charge is 2.23. The van der Waals surface area contributed by atoms with Crippen molar-refractivity contribution in [1.29, 1.82) is 5.26 Å². The molecule has 1 aromatic heterocycles. The fourth-order valence-corrected chi connectivity index (χ4v) is 2.65. The van der Waals surface area contributed by atoms with E-state index in [2.05, 4.69) is 26.5 Å². The van der Waals surface area contributed by atoms with E-state index < -0.39 is 0 Å². The second-order valence-electron chi connectivity index (χ2n) is 4.97. The molecule has 1 unspecified atom stereocenters. The van der Waals surface area contributed by atoms with Crippen molar-refractivity contribution in [1.82, 2.24) is 10.2 Å². The number of rotatable bonds is 3. The van der Waals surface area contributed by atoms with Gasteiger partial charge in [-0.15, -0.1) is 10.2 Å². The molecule has 1 saturated heterocycles. The van der Waals surface area contributed by atoms with Gasteiger partial charge in [-0.05, 0) is 36.8 Å². The molecule has 21 heavy (non-hydrogen) atoms. The van der Waals surface area contributed by atoms with Crippen LogP contribution in [-0.4, -0.2) is 29.3 Å². The summed E-state index contributed by atoms with van der Waals surface area (Å²) in [5.74, 6) is 0.701. The Balaban J connectivity index is 1.63. The zero-order valence-corrected chi connectivity index (χ0v) is 12.1. The molecule has 0 radical (unpaired) electrons. The third kappa shape index (κ3) is 3.23. The Labute approximate surface area is 128 Å². The van der Waals surface area contributed by atoms with Gasteiger partial charge in [0.05, 0.1) is 0 Å². The first-order valence-corrected chi connectivity index (χ1v) is 7.13. The number of nitrogens with one attached hydrogen (secondary N) is 1. The summed E-state index contributed by atoms with van der Waals surface area (Å²) < 4.78 is 0. The van der Waals surface area contributed by atoms with Gasteiger partial charge < -0.3 is 10.2 Å². The van der Waals surface area contributed by atoms with Gasteiger partial charge in [-0.2, -0.15) is 5.26 Å². The smallest absolute Gasteiger partial charge is 0.163 e. The summed E-state index contributed by atoms with van der Waals surface area (Å²) in [6.45, 7) is 1.86. The first-order valence-electron chi connectivity index (χ1n) is 6.75. The molecule has 3 rings (SSSR count). The average Bonchev–Trinajstić information content (AvgIpc) is 2.97. The summed E-state index contributed by atoms with van der Waals surface area (Å²) in [7, 11) is 0. The minimum absolute atomic E-state index is 0.311. The van der Waals surface area contributed by atoms with Crippen molar-refractivity contribution in [2.75, 3.05) is 23.3 Å². The van der Waals surface area contributed by atoms with Crippen molar-refractivity contribution >= 4 is 23.1 Å². The van der Waals surface area contributed by atoms with Gasteiger partial charge in [0.15, 0.2) is 5.69 Å². The van der Waals surface area contributed by atoms with E-state index >= 15 is 0 Å². The Kier molecular flexibility index (Phi) is 3.89. The Morgan fingerprint density at radius 2 is 2.19 bits per heavy atom. The largest absolute Gasteiger partial charge is 0.369 e. The van der Waals surface area contributed by atoms with Crippen LogP contribution in [0.2, 0.25) is 5.02 Å². The van der Waals surface area contributed by atoms with Crippen LogP contribution in [0.1, 0.15) is 12.1 Å². The first-order chi connectivity index (χ1) is 10.2. The Hall–Kier alpha value is -2.32. The Bertz CT molecular complexity index is 665. The highest BCUT2D eigenvalue weighted by molar-refractivity contribution is 6.30. The van der Waals surface area contributed by atoms with Crippen molar-refractivity contribution in [2.45, 2.75) is 12.5 Å². The van der Waals surface area contributed by atoms with Crippen LogP contribution in [0.4, 0.5) is 11.5 Å². The second-order valence-corrected chi connectivity index (χ2v) is 5.41. The van der Waals surface area contributed by atoms with Crippen LogP contribution in [0.15, 0.2) is 36.4 Å². The van der Waals surface area contributed by atoms with Crippen LogP contribution in [-0.2, 0) is 0 Å². The number of benzene rings is 1. The first kappa shape index (κ1) is 13.7.